The van der Waals surface area contributed by atoms with Gasteiger partial charge < -0.3 is 15.4 Å². The summed E-state index contributed by atoms with van der Waals surface area (Å²) >= 11 is 0. The van der Waals surface area contributed by atoms with E-state index in [1.165, 1.54) is 13.1 Å². The number of nitrogens with one attached hydrogen (secondary N) is 1. The molecule has 0 spiro atoms. The second kappa shape index (κ2) is 6.03. The van der Waals surface area contributed by atoms with Gasteiger partial charge in [0.2, 0.25) is 10.0 Å². The van der Waals surface area contributed by atoms with Crippen molar-refractivity contribution in [3.05, 3.63) is 18.2 Å². The van der Waals surface area contributed by atoms with Crippen molar-refractivity contribution in [1.29, 1.82) is 0 Å². The number of rotatable bonds is 6. The third-order valence-electron chi connectivity index (χ3n) is 2.62. The van der Waals surface area contributed by atoms with Gasteiger partial charge in [-0.3, -0.25) is 0 Å². The number of nitrogens with zero attached hydrogens (tertiary/aromatic N) is 1. The second-order valence-corrected chi connectivity index (χ2v) is 5.70. The van der Waals surface area contributed by atoms with Gasteiger partial charge in [0.15, 0.2) is 0 Å². The van der Waals surface area contributed by atoms with Crippen LogP contribution >= 0.6 is 0 Å². The zero-order valence-corrected chi connectivity index (χ0v) is 11.6. The van der Waals surface area contributed by atoms with Crippen molar-refractivity contribution in [2.24, 2.45) is 0 Å². The van der Waals surface area contributed by atoms with Crippen molar-refractivity contribution in [2.75, 3.05) is 45.0 Å². The summed E-state index contributed by atoms with van der Waals surface area (Å²) in [6.07, 6.45) is 0. The first-order valence-corrected chi connectivity index (χ1v) is 6.94. The molecular weight excluding hydrogens is 254 g/mol. The SMILES string of the molecule is CNS(=O)(=O)c1ccc(N(C)CCOC)cc1N. The van der Waals surface area contributed by atoms with Crippen LogP contribution in [0.25, 0.3) is 0 Å². The summed E-state index contributed by atoms with van der Waals surface area (Å²) in [7, 11) is 1.37. The topological polar surface area (TPSA) is 84.7 Å². The smallest absolute Gasteiger partial charge is 0.242 e. The van der Waals surface area contributed by atoms with E-state index in [0.717, 1.165) is 5.69 Å². The van der Waals surface area contributed by atoms with Crippen LogP contribution in [0.3, 0.4) is 0 Å². The summed E-state index contributed by atoms with van der Waals surface area (Å²) in [6.45, 7) is 1.29. The minimum absolute atomic E-state index is 0.0916. The van der Waals surface area contributed by atoms with Crippen LogP contribution < -0.4 is 15.4 Å². The number of methoxy groups -OCH3 is 1. The van der Waals surface area contributed by atoms with Crippen molar-refractivity contribution < 1.29 is 13.2 Å². The maximum Gasteiger partial charge on any atom is 0.242 e. The Hall–Kier alpha value is -1.31. The number of benzene rings is 1. The summed E-state index contributed by atoms with van der Waals surface area (Å²) in [4.78, 5) is 2.03. The Bertz CT molecular complexity index is 502. The summed E-state index contributed by atoms with van der Waals surface area (Å²) in [5.74, 6) is 0. The first-order chi connectivity index (χ1) is 8.42. The minimum atomic E-state index is -3.51. The van der Waals surface area contributed by atoms with Gasteiger partial charge in [-0.1, -0.05) is 0 Å². The number of nitrogens with two attached hydrogens (primary N) is 1. The number of hydrogen-bond donors (Lipinski definition) is 2. The average molecular weight is 273 g/mol. The number of sulfonamides is 1. The van der Waals surface area contributed by atoms with Crippen LogP contribution in [-0.2, 0) is 14.8 Å². The lowest BCUT2D eigenvalue weighted by Gasteiger charge is -2.20. The molecule has 18 heavy (non-hydrogen) atoms. The molecule has 0 bridgehead atoms. The molecule has 7 heteroatoms. The molecule has 1 aromatic rings. The molecule has 0 atom stereocenters. The lowest BCUT2D eigenvalue weighted by Crippen LogP contribution is -2.23. The van der Waals surface area contributed by atoms with Crippen LogP contribution in [-0.4, -0.2) is 42.8 Å². The lowest BCUT2D eigenvalue weighted by atomic mass is 10.2. The van der Waals surface area contributed by atoms with Crippen molar-refractivity contribution in [2.45, 2.75) is 4.90 Å². The molecule has 0 saturated carbocycles. The normalized spacial score (nSPS) is 11.5. The molecule has 1 aromatic carbocycles. The summed E-state index contributed by atoms with van der Waals surface area (Å²) < 4.78 is 30.5. The Morgan fingerprint density at radius 1 is 1.44 bits per heavy atom. The van der Waals surface area contributed by atoms with Gasteiger partial charge in [0.25, 0.3) is 0 Å². The van der Waals surface area contributed by atoms with E-state index in [-0.39, 0.29) is 10.6 Å². The van der Waals surface area contributed by atoms with E-state index in [4.69, 9.17) is 10.5 Å². The van der Waals surface area contributed by atoms with Gasteiger partial charge >= 0.3 is 0 Å². The van der Waals surface area contributed by atoms with Crippen molar-refractivity contribution in [1.82, 2.24) is 4.72 Å². The third kappa shape index (κ3) is 3.34. The maximum atomic E-state index is 11.7. The maximum absolute atomic E-state index is 11.7. The molecular formula is C11H19N3O3S. The van der Waals surface area contributed by atoms with Crippen LogP contribution in [0.5, 0.6) is 0 Å². The molecule has 102 valence electrons. The van der Waals surface area contributed by atoms with E-state index in [9.17, 15) is 8.42 Å². The minimum Gasteiger partial charge on any atom is -0.398 e. The zero-order valence-electron chi connectivity index (χ0n) is 10.8. The van der Waals surface area contributed by atoms with Crippen LogP contribution in [0.15, 0.2) is 23.1 Å². The molecule has 1 rings (SSSR count). The summed E-state index contributed by atoms with van der Waals surface area (Å²) in [5.41, 5.74) is 6.85. The quantitative estimate of drug-likeness (QED) is 0.726. The molecule has 0 aliphatic heterocycles. The molecule has 0 amide bonds. The molecule has 6 nitrogen and oxygen atoms in total. The van der Waals surface area contributed by atoms with Crippen LogP contribution in [0.1, 0.15) is 0 Å². The Balaban J connectivity index is 2.99. The van der Waals surface area contributed by atoms with Gasteiger partial charge in [0.1, 0.15) is 4.90 Å². The molecule has 3 N–H and O–H groups in total. The first kappa shape index (κ1) is 14.7. The van der Waals surface area contributed by atoms with Crippen molar-refractivity contribution in [3.8, 4) is 0 Å². The Kier molecular flexibility index (Phi) is 4.94. The van der Waals surface area contributed by atoms with Gasteiger partial charge in [0.05, 0.1) is 12.3 Å². The van der Waals surface area contributed by atoms with E-state index < -0.39 is 10.0 Å². The van der Waals surface area contributed by atoms with Crippen molar-refractivity contribution >= 4 is 21.4 Å². The molecule has 0 aromatic heterocycles. The van der Waals surface area contributed by atoms with E-state index in [2.05, 4.69) is 4.72 Å². The Morgan fingerprint density at radius 2 is 2.11 bits per heavy atom. The first-order valence-electron chi connectivity index (χ1n) is 5.45. The number of ether oxygens (including phenoxy) is 1. The molecule has 0 aliphatic carbocycles. The van der Waals surface area contributed by atoms with E-state index in [0.29, 0.717) is 13.2 Å². The molecule has 0 heterocycles. The Morgan fingerprint density at radius 3 is 2.61 bits per heavy atom. The van der Waals surface area contributed by atoms with E-state index in [1.54, 1.807) is 19.2 Å². The fourth-order valence-corrected chi connectivity index (χ4v) is 2.32. The average Bonchev–Trinajstić information content (AvgIpc) is 2.35. The van der Waals surface area contributed by atoms with Gasteiger partial charge in [-0.15, -0.1) is 0 Å². The standard InChI is InChI=1S/C11H19N3O3S/c1-13-18(15,16)11-5-4-9(8-10(11)12)14(2)6-7-17-3/h4-5,8,13H,6-7,12H2,1-3H3. The number of hydrogen-bond acceptors (Lipinski definition) is 5. The monoisotopic (exact) mass is 273 g/mol. The highest BCUT2D eigenvalue weighted by Gasteiger charge is 2.15. The fourth-order valence-electron chi connectivity index (χ4n) is 1.49. The number of likely N-dealkylation sites (N-methyl/N-ethyl adjacent to an activating group) is 1. The fraction of sp³-hybridized carbons (Fsp3) is 0.455. The van der Waals surface area contributed by atoms with Crippen LogP contribution in [0.2, 0.25) is 0 Å². The largest absolute Gasteiger partial charge is 0.398 e. The molecule has 0 aliphatic rings. The highest BCUT2D eigenvalue weighted by atomic mass is 32.2. The highest BCUT2D eigenvalue weighted by Crippen LogP contribution is 2.23. The summed E-state index contributed by atoms with van der Waals surface area (Å²) in [6, 6.07) is 4.86. The van der Waals surface area contributed by atoms with Gasteiger partial charge in [0, 0.05) is 26.4 Å². The lowest BCUT2D eigenvalue weighted by molar-refractivity contribution is 0.206. The van der Waals surface area contributed by atoms with Crippen molar-refractivity contribution in [3.63, 3.8) is 0 Å². The number of nitrogen functional groups attached to an aromatic ring is 1. The molecule has 0 radical (unpaired) electrons. The highest BCUT2D eigenvalue weighted by molar-refractivity contribution is 7.89. The second-order valence-electron chi connectivity index (χ2n) is 3.84. The predicted molar refractivity (Wildman–Crippen MR) is 72.2 cm³/mol. The molecule has 0 unspecified atom stereocenters. The predicted octanol–water partition coefficient (Wildman–Crippen LogP) is 0.259. The summed E-state index contributed by atoms with van der Waals surface area (Å²) in [5, 5.41) is 0. The van der Waals surface area contributed by atoms with Gasteiger partial charge in [-0.05, 0) is 25.2 Å². The van der Waals surface area contributed by atoms with Gasteiger partial charge in [-0.2, -0.15) is 0 Å². The molecule has 0 fully saturated rings. The van der Waals surface area contributed by atoms with Crippen LogP contribution in [0, 0.1) is 0 Å². The number of anilines is 2. The Labute approximate surface area is 108 Å². The zero-order chi connectivity index (χ0) is 13.8. The van der Waals surface area contributed by atoms with E-state index >= 15 is 0 Å². The molecule has 0 saturated heterocycles. The van der Waals surface area contributed by atoms with Crippen LogP contribution in [0.4, 0.5) is 11.4 Å². The third-order valence-corrected chi connectivity index (χ3v) is 4.11. The van der Waals surface area contributed by atoms with E-state index in [1.807, 2.05) is 11.9 Å². The van der Waals surface area contributed by atoms with Gasteiger partial charge in [-0.25, -0.2) is 13.1 Å².